The van der Waals surface area contributed by atoms with Crippen LogP contribution < -0.4 is 9.62 Å². The van der Waals surface area contributed by atoms with Crippen LogP contribution in [-0.4, -0.2) is 33.7 Å². The van der Waals surface area contributed by atoms with Crippen LogP contribution in [0.1, 0.15) is 25.8 Å². The number of benzene rings is 1. The number of hydrogen-bond acceptors (Lipinski definition) is 4. The van der Waals surface area contributed by atoms with Crippen molar-refractivity contribution < 1.29 is 13.2 Å². The monoisotopic (exact) mass is 323 g/mol. The minimum absolute atomic E-state index is 0.103. The largest absolute Gasteiger partial charge is 0.354 e. The Morgan fingerprint density at radius 3 is 2.64 bits per heavy atom. The molecule has 0 aliphatic rings. The van der Waals surface area contributed by atoms with Crippen LogP contribution >= 0.6 is 0 Å². The first-order chi connectivity index (χ1) is 10.2. The fourth-order valence-electron chi connectivity index (χ4n) is 1.96. The zero-order valence-corrected chi connectivity index (χ0v) is 13.9. The van der Waals surface area contributed by atoms with Gasteiger partial charge in [-0.05, 0) is 24.1 Å². The van der Waals surface area contributed by atoms with E-state index >= 15 is 0 Å². The van der Waals surface area contributed by atoms with E-state index in [0.29, 0.717) is 17.7 Å². The van der Waals surface area contributed by atoms with Crippen molar-refractivity contribution in [2.24, 2.45) is 5.92 Å². The maximum atomic E-state index is 11.9. The predicted molar refractivity (Wildman–Crippen MR) is 85.8 cm³/mol. The molecule has 0 aliphatic carbocycles. The molecule has 0 fully saturated rings. The Bertz CT molecular complexity index is 663. The van der Waals surface area contributed by atoms with E-state index in [2.05, 4.69) is 5.32 Å². The highest BCUT2D eigenvalue weighted by atomic mass is 32.2. The van der Waals surface area contributed by atoms with Crippen molar-refractivity contribution in [3.63, 3.8) is 0 Å². The number of anilines is 1. The van der Waals surface area contributed by atoms with Crippen molar-refractivity contribution in [2.75, 3.05) is 23.7 Å². The fraction of sp³-hybridized carbons (Fsp3) is 0.467. The summed E-state index contributed by atoms with van der Waals surface area (Å²) in [5.74, 6) is 0.146. The summed E-state index contributed by atoms with van der Waals surface area (Å²) in [5.41, 5.74) is 0.801. The number of nitrogens with zero attached hydrogens (tertiary/aromatic N) is 2. The Morgan fingerprint density at radius 1 is 1.41 bits per heavy atom. The molecule has 1 rings (SSSR count). The number of nitrogens with one attached hydrogen (secondary N) is 1. The molecule has 0 aromatic heterocycles. The summed E-state index contributed by atoms with van der Waals surface area (Å²) in [5, 5.41) is 11.6. The molecule has 22 heavy (non-hydrogen) atoms. The summed E-state index contributed by atoms with van der Waals surface area (Å²) >= 11 is 0. The summed E-state index contributed by atoms with van der Waals surface area (Å²) in [6.45, 7) is 4.22. The summed E-state index contributed by atoms with van der Waals surface area (Å²) in [7, 11) is -3.49. The first kappa shape index (κ1) is 18.0. The first-order valence-corrected chi connectivity index (χ1v) is 8.83. The molecule has 1 aromatic carbocycles. The fourth-order valence-corrected chi connectivity index (χ4v) is 2.88. The van der Waals surface area contributed by atoms with E-state index in [-0.39, 0.29) is 24.9 Å². The molecule has 0 heterocycles. The van der Waals surface area contributed by atoms with E-state index in [1.807, 2.05) is 19.9 Å². The van der Waals surface area contributed by atoms with E-state index in [9.17, 15) is 13.2 Å². The molecule has 6 nitrogen and oxygen atoms in total. The molecule has 1 N–H and O–H groups in total. The lowest BCUT2D eigenvalue weighted by Gasteiger charge is -2.22. The first-order valence-electron chi connectivity index (χ1n) is 6.98. The summed E-state index contributed by atoms with van der Waals surface area (Å²) in [6, 6.07) is 8.35. The van der Waals surface area contributed by atoms with Crippen LogP contribution in [0.25, 0.3) is 0 Å². The van der Waals surface area contributed by atoms with Crippen molar-refractivity contribution in [3.05, 3.63) is 29.8 Å². The van der Waals surface area contributed by atoms with Gasteiger partial charge in [0.15, 0.2) is 0 Å². The third-order valence-electron chi connectivity index (χ3n) is 2.89. The zero-order valence-electron chi connectivity index (χ0n) is 13.0. The van der Waals surface area contributed by atoms with Gasteiger partial charge in [0.25, 0.3) is 0 Å². The lowest BCUT2D eigenvalue weighted by Crippen LogP contribution is -2.38. The lowest BCUT2D eigenvalue weighted by molar-refractivity contribution is -0.121. The average molecular weight is 323 g/mol. The number of amides is 1. The van der Waals surface area contributed by atoms with Crippen molar-refractivity contribution in [2.45, 2.75) is 20.3 Å². The normalized spacial score (nSPS) is 11.0. The summed E-state index contributed by atoms with van der Waals surface area (Å²) in [6.07, 6.45) is 1.50. The van der Waals surface area contributed by atoms with Gasteiger partial charge in [-0.3, -0.25) is 9.10 Å². The number of sulfonamides is 1. The van der Waals surface area contributed by atoms with Gasteiger partial charge in [-0.1, -0.05) is 19.9 Å². The molecule has 0 unspecified atom stereocenters. The van der Waals surface area contributed by atoms with Gasteiger partial charge in [0.05, 0.1) is 30.1 Å². The number of hydrogen-bond donors (Lipinski definition) is 1. The molecule has 0 spiro atoms. The molecule has 1 aromatic rings. The predicted octanol–water partition coefficient (Wildman–Crippen LogP) is 1.49. The maximum absolute atomic E-state index is 11.9. The van der Waals surface area contributed by atoms with Crippen molar-refractivity contribution in [1.82, 2.24) is 5.32 Å². The zero-order chi connectivity index (χ0) is 16.8. The average Bonchev–Trinajstić information content (AvgIpc) is 2.41. The molecular formula is C15H21N3O3S. The van der Waals surface area contributed by atoms with Gasteiger partial charge >= 0.3 is 0 Å². The molecule has 7 heteroatoms. The Labute approximate surface area is 131 Å². The van der Waals surface area contributed by atoms with Gasteiger partial charge in [0.2, 0.25) is 15.9 Å². The second-order valence-corrected chi connectivity index (χ2v) is 7.35. The topological polar surface area (TPSA) is 90.3 Å². The third kappa shape index (κ3) is 5.74. The van der Waals surface area contributed by atoms with Gasteiger partial charge in [-0.25, -0.2) is 8.42 Å². The van der Waals surface area contributed by atoms with Crippen molar-refractivity contribution >= 4 is 21.6 Å². The van der Waals surface area contributed by atoms with Crippen molar-refractivity contribution in [3.8, 4) is 6.07 Å². The van der Waals surface area contributed by atoms with Crippen LogP contribution in [0.15, 0.2) is 24.3 Å². The van der Waals surface area contributed by atoms with Crippen LogP contribution in [0.2, 0.25) is 0 Å². The Hall–Kier alpha value is -2.07. The van der Waals surface area contributed by atoms with Crippen LogP contribution in [-0.2, 0) is 14.8 Å². The smallest absolute Gasteiger partial charge is 0.232 e. The van der Waals surface area contributed by atoms with Gasteiger partial charge < -0.3 is 5.32 Å². The maximum Gasteiger partial charge on any atom is 0.232 e. The molecule has 0 radical (unpaired) electrons. The molecule has 1 amide bonds. The highest BCUT2D eigenvalue weighted by Crippen LogP contribution is 2.18. The molecule has 120 valence electrons. The summed E-state index contributed by atoms with van der Waals surface area (Å²) in [4.78, 5) is 11.6. The molecule has 0 bridgehead atoms. The van der Waals surface area contributed by atoms with E-state index < -0.39 is 10.0 Å². The van der Waals surface area contributed by atoms with E-state index in [1.54, 1.807) is 18.2 Å². The third-order valence-corrected chi connectivity index (χ3v) is 4.09. The van der Waals surface area contributed by atoms with Crippen LogP contribution in [0, 0.1) is 17.2 Å². The quantitative estimate of drug-likeness (QED) is 0.823. The minimum Gasteiger partial charge on any atom is -0.354 e. The SMILES string of the molecule is CC(C)CC(=O)NCCN(c1cccc(C#N)c1)S(C)(=O)=O. The van der Waals surface area contributed by atoms with Gasteiger partial charge in [-0.15, -0.1) is 0 Å². The van der Waals surface area contributed by atoms with Crippen LogP contribution in [0.5, 0.6) is 0 Å². The molecule has 0 saturated carbocycles. The molecule has 0 atom stereocenters. The van der Waals surface area contributed by atoms with Gasteiger partial charge in [-0.2, -0.15) is 5.26 Å². The van der Waals surface area contributed by atoms with Crippen LogP contribution in [0.3, 0.4) is 0 Å². The second kappa shape index (κ2) is 7.80. The summed E-state index contributed by atoms with van der Waals surface area (Å²) < 4.78 is 25.0. The molecular weight excluding hydrogens is 302 g/mol. The van der Waals surface area contributed by atoms with Gasteiger partial charge in [0.1, 0.15) is 0 Å². The second-order valence-electron chi connectivity index (χ2n) is 5.45. The number of carbonyl (C=O) groups is 1. The van der Waals surface area contributed by atoms with Gasteiger partial charge in [0, 0.05) is 13.0 Å². The van der Waals surface area contributed by atoms with E-state index in [4.69, 9.17) is 5.26 Å². The van der Waals surface area contributed by atoms with Crippen molar-refractivity contribution in [1.29, 1.82) is 5.26 Å². The molecule has 0 aliphatic heterocycles. The standard InChI is InChI=1S/C15H21N3O3S/c1-12(2)9-15(19)17-7-8-18(22(3,20)21)14-6-4-5-13(10-14)11-16/h4-6,10,12H,7-9H2,1-3H3,(H,17,19). The number of rotatable bonds is 7. The number of nitriles is 1. The Balaban J connectivity index is 2.79. The Kier molecular flexibility index (Phi) is 6.38. The highest BCUT2D eigenvalue weighted by Gasteiger charge is 2.17. The number of carbonyl (C=O) groups excluding carboxylic acids is 1. The molecule has 0 saturated heterocycles. The van der Waals surface area contributed by atoms with E-state index in [1.165, 1.54) is 10.4 Å². The highest BCUT2D eigenvalue weighted by molar-refractivity contribution is 7.92. The van der Waals surface area contributed by atoms with Crippen LogP contribution in [0.4, 0.5) is 5.69 Å². The lowest BCUT2D eigenvalue weighted by atomic mass is 10.1. The minimum atomic E-state index is -3.49. The van der Waals surface area contributed by atoms with E-state index in [0.717, 1.165) is 6.26 Å². The Morgan fingerprint density at radius 2 is 2.09 bits per heavy atom.